The van der Waals surface area contributed by atoms with Gasteiger partial charge in [0.2, 0.25) is 0 Å². The smallest absolute Gasteiger partial charge is 0.143 e. The molecule has 0 saturated carbocycles. The van der Waals surface area contributed by atoms with Gasteiger partial charge in [-0.3, -0.25) is 0 Å². The molecule has 3 aromatic rings. The normalized spacial score (nSPS) is 11.9. The van der Waals surface area contributed by atoms with Crippen LogP contribution in [0.5, 0.6) is 0 Å². The molecular weight excluding hydrogens is 382 g/mol. The standard InChI is InChI=1S/C19H22BrN3S/c1-13-5-7-15(8-6-13)11-12-23-14(2)21-22-18(23)19(3,4)16-9-10-17(20)24-16/h5-10H,11-12H2,1-4H3. The minimum absolute atomic E-state index is 0.161. The first-order valence-corrected chi connectivity index (χ1v) is 9.70. The lowest BCUT2D eigenvalue weighted by molar-refractivity contribution is 0.531. The lowest BCUT2D eigenvalue weighted by Gasteiger charge is -2.23. The summed E-state index contributed by atoms with van der Waals surface area (Å²) in [5.41, 5.74) is 2.48. The molecule has 0 radical (unpaired) electrons. The van der Waals surface area contributed by atoms with Crippen molar-refractivity contribution >= 4 is 27.3 Å². The molecule has 0 unspecified atom stereocenters. The van der Waals surface area contributed by atoms with E-state index in [-0.39, 0.29) is 5.41 Å². The number of aryl methyl sites for hydroxylation is 3. The highest BCUT2D eigenvalue weighted by Gasteiger charge is 2.31. The molecule has 0 aliphatic carbocycles. The second-order valence-electron chi connectivity index (χ2n) is 6.69. The van der Waals surface area contributed by atoms with Crippen LogP contribution >= 0.6 is 27.3 Å². The largest absolute Gasteiger partial charge is 0.314 e. The van der Waals surface area contributed by atoms with Crippen LogP contribution in [0.15, 0.2) is 40.2 Å². The number of thiophene rings is 1. The van der Waals surface area contributed by atoms with E-state index in [0.717, 1.165) is 28.4 Å². The van der Waals surface area contributed by atoms with E-state index in [1.54, 1.807) is 11.3 Å². The van der Waals surface area contributed by atoms with E-state index >= 15 is 0 Å². The highest BCUT2D eigenvalue weighted by Crippen LogP contribution is 2.37. The number of nitrogens with zero attached hydrogens (tertiary/aromatic N) is 3. The van der Waals surface area contributed by atoms with Crippen molar-refractivity contribution < 1.29 is 0 Å². The van der Waals surface area contributed by atoms with E-state index in [0.29, 0.717) is 0 Å². The molecule has 3 nitrogen and oxygen atoms in total. The fourth-order valence-electron chi connectivity index (χ4n) is 2.87. The zero-order chi connectivity index (χ0) is 17.3. The first-order valence-electron chi connectivity index (χ1n) is 8.09. The average molecular weight is 404 g/mol. The van der Waals surface area contributed by atoms with Crippen molar-refractivity contribution in [3.8, 4) is 0 Å². The van der Waals surface area contributed by atoms with E-state index in [4.69, 9.17) is 0 Å². The van der Waals surface area contributed by atoms with Crippen LogP contribution in [0.3, 0.4) is 0 Å². The van der Waals surface area contributed by atoms with Crippen molar-refractivity contribution in [3.63, 3.8) is 0 Å². The van der Waals surface area contributed by atoms with Crippen molar-refractivity contribution in [2.75, 3.05) is 0 Å². The van der Waals surface area contributed by atoms with Gasteiger partial charge in [0, 0.05) is 11.4 Å². The molecule has 0 aliphatic rings. The van der Waals surface area contributed by atoms with Crippen molar-refractivity contribution in [1.29, 1.82) is 0 Å². The maximum Gasteiger partial charge on any atom is 0.143 e. The fourth-order valence-corrected chi connectivity index (χ4v) is 4.35. The Balaban J connectivity index is 1.87. The summed E-state index contributed by atoms with van der Waals surface area (Å²) in [7, 11) is 0. The lowest BCUT2D eigenvalue weighted by Crippen LogP contribution is -2.24. The van der Waals surface area contributed by atoms with Crippen LogP contribution < -0.4 is 0 Å². The van der Waals surface area contributed by atoms with Crippen LogP contribution in [-0.2, 0) is 18.4 Å². The van der Waals surface area contributed by atoms with E-state index < -0.39 is 0 Å². The summed E-state index contributed by atoms with van der Waals surface area (Å²) in [5, 5.41) is 8.85. The molecular formula is C19H22BrN3S. The van der Waals surface area contributed by atoms with Gasteiger partial charge in [0.15, 0.2) is 0 Å². The van der Waals surface area contributed by atoms with E-state index in [1.807, 2.05) is 6.92 Å². The molecule has 0 spiro atoms. The van der Waals surface area contributed by atoms with Crippen molar-refractivity contribution in [2.45, 2.75) is 46.1 Å². The molecule has 0 bridgehead atoms. The summed E-state index contributed by atoms with van der Waals surface area (Å²) in [6, 6.07) is 13.0. The predicted octanol–water partition coefficient (Wildman–Crippen LogP) is 5.29. The van der Waals surface area contributed by atoms with Crippen LogP contribution in [0.2, 0.25) is 0 Å². The van der Waals surface area contributed by atoms with Crippen LogP contribution in [0.4, 0.5) is 0 Å². The Hall–Kier alpha value is -1.46. The number of benzene rings is 1. The minimum Gasteiger partial charge on any atom is -0.314 e. The summed E-state index contributed by atoms with van der Waals surface area (Å²) >= 11 is 5.32. The average Bonchev–Trinajstić information content (AvgIpc) is 3.14. The Morgan fingerprint density at radius 3 is 2.38 bits per heavy atom. The van der Waals surface area contributed by atoms with Gasteiger partial charge in [-0.25, -0.2) is 0 Å². The maximum atomic E-state index is 4.50. The summed E-state index contributed by atoms with van der Waals surface area (Å²) in [5.74, 6) is 2.00. The number of hydrogen-bond donors (Lipinski definition) is 0. The van der Waals surface area contributed by atoms with Crippen LogP contribution in [-0.4, -0.2) is 14.8 Å². The van der Waals surface area contributed by atoms with Gasteiger partial charge in [-0.15, -0.1) is 21.5 Å². The molecule has 24 heavy (non-hydrogen) atoms. The van der Waals surface area contributed by atoms with Crippen molar-refractivity contribution in [3.05, 3.63) is 67.8 Å². The Morgan fingerprint density at radius 2 is 1.75 bits per heavy atom. The van der Waals surface area contributed by atoms with Gasteiger partial charge in [0.05, 0.1) is 9.20 Å². The molecule has 0 N–H and O–H groups in total. The van der Waals surface area contributed by atoms with Crippen LogP contribution in [0.25, 0.3) is 0 Å². The Kier molecular flexibility index (Phi) is 4.92. The van der Waals surface area contributed by atoms with Crippen molar-refractivity contribution in [1.82, 2.24) is 14.8 Å². The molecule has 2 heterocycles. The van der Waals surface area contributed by atoms with Crippen LogP contribution in [0, 0.1) is 13.8 Å². The third-order valence-electron chi connectivity index (χ3n) is 4.43. The number of hydrogen-bond acceptors (Lipinski definition) is 3. The summed E-state index contributed by atoms with van der Waals surface area (Å²) in [4.78, 5) is 1.29. The monoisotopic (exact) mass is 403 g/mol. The zero-order valence-electron chi connectivity index (χ0n) is 14.5. The highest BCUT2D eigenvalue weighted by molar-refractivity contribution is 9.11. The molecule has 0 saturated heterocycles. The Morgan fingerprint density at radius 1 is 1.04 bits per heavy atom. The highest BCUT2D eigenvalue weighted by atomic mass is 79.9. The number of halogens is 1. The van der Waals surface area contributed by atoms with Gasteiger partial charge >= 0.3 is 0 Å². The number of rotatable bonds is 5. The molecule has 5 heteroatoms. The summed E-state index contributed by atoms with van der Waals surface area (Å²) in [6.07, 6.45) is 0.983. The summed E-state index contributed by atoms with van der Waals surface area (Å²) < 4.78 is 3.40. The van der Waals surface area contributed by atoms with Gasteiger partial charge in [-0.2, -0.15) is 0 Å². The van der Waals surface area contributed by atoms with E-state index in [1.165, 1.54) is 16.0 Å². The van der Waals surface area contributed by atoms with Gasteiger partial charge in [-0.1, -0.05) is 29.8 Å². The van der Waals surface area contributed by atoms with Gasteiger partial charge in [-0.05, 0) is 67.7 Å². The molecule has 0 aliphatic heterocycles. The first-order chi connectivity index (χ1) is 11.4. The maximum absolute atomic E-state index is 4.50. The minimum atomic E-state index is -0.161. The number of aromatic nitrogens is 3. The molecule has 0 amide bonds. The van der Waals surface area contributed by atoms with E-state index in [9.17, 15) is 0 Å². The van der Waals surface area contributed by atoms with Crippen molar-refractivity contribution in [2.24, 2.45) is 0 Å². The van der Waals surface area contributed by atoms with Gasteiger partial charge in [0.25, 0.3) is 0 Å². The van der Waals surface area contributed by atoms with Gasteiger partial charge < -0.3 is 4.57 Å². The predicted molar refractivity (Wildman–Crippen MR) is 104 cm³/mol. The van der Waals surface area contributed by atoms with E-state index in [2.05, 4.69) is 87.9 Å². The SMILES string of the molecule is Cc1ccc(CCn2c(C)nnc2C(C)(C)c2ccc(Br)s2)cc1. The third kappa shape index (κ3) is 3.47. The first kappa shape index (κ1) is 17.4. The molecule has 126 valence electrons. The fraction of sp³-hybridized carbons (Fsp3) is 0.368. The molecule has 2 aromatic heterocycles. The van der Waals surface area contributed by atoms with Crippen LogP contribution in [0.1, 0.15) is 41.5 Å². The Bertz CT molecular complexity index is 831. The lowest BCUT2D eigenvalue weighted by atomic mass is 9.90. The molecule has 3 rings (SSSR count). The van der Waals surface area contributed by atoms with Gasteiger partial charge in [0.1, 0.15) is 11.6 Å². The topological polar surface area (TPSA) is 30.7 Å². The summed E-state index contributed by atoms with van der Waals surface area (Å²) in [6.45, 7) is 9.49. The second-order valence-corrected chi connectivity index (χ2v) is 9.15. The third-order valence-corrected chi connectivity index (χ3v) is 6.38. The second kappa shape index (κ2) is 6.81. The molecule has 1 aromatic carbocycles. The Labute approximate surface area is 155 Å². The molecule has 0 atom stereocenters. The zero-order valence-corrected chi connectivity index (χ0v) is 16.9. The molecule has 0 fully saturated rings. The quantitative estimate of drug-likeness (QED) is 0.579.